The molecular weight excluding hydrogens is 240 g/mol. The van der Waals surface area contributed by atoms with Crippen molar-refractivity contribution in [1.82, 2.24) is 30.4 Å². The Morgan fingerprint density at radius 1 is 1.11 bits per heavy atom. The fraction of sp³-hybridized carbons (Fsp3) is 0.462. The lowest BCUT2D eigenvalue weighted by atomic mass is 10.3. The second-order valence-electron chi connectivity index (χ2n) is 4.68. The van der Waals surface area contributed by atoms with Gasteiger partial charge < -0.3 is 10.2 Å². The predicted octanol–water partition coefficient (Wildman–Crippen LogP) is 0.110. The number of rotatable bonds is 4. The fourth-order valence-electron chi connectivity index (χ4n) is 2.32. The SMILES string of the molecule is c1ccc(-n2nnnc2CCN2CCNCC2)cc1. The van der Waals surface area contributed by atoms with E-state index in [0.717, 1.165) is 50.7 Å². The Balaban J connectivity index is 1.67. The highest BCUT2D eigenvalue weighted by Crippen LogP contribution is 2.08. The van der Waals surface area contributed by atoms with Crippen LogP contribution in [0.3, 0.4) is 0 Å². The van der Waals surface area contributed by atoms with Crippen LogP contribution in [0.4, 0.5) is 0 Å². The Bertz CT molecular complexity index is 503. The predicted molar refractivity (Wildman–Crippen MR) is 72.2 cm³/mol. The van der Waals surface area contributed by atoms with E-state index < -0.39 is 0 Å². The summed E-state index contributed by atoms with van der Waals surface area (Å²) in [4.78, 5) is 2.44. The zero-order valence-electron chi connectivity index (χ0n) is 10.9. The molecule has 1 fully saturated rings. The van der Waals surface area contributed by atoms with Crippen LogP contribution in [0.5, 0.6) is 0 Å². The Morgan fingerprint density at radius 3 is 2.68 bits per heavy atom. The molecule has 0 unspecified atom stereocenters. The van der Waals surface area contributed by atoms with Crippen LogP contribution in [0.25, 0.3) is 5.69 Å². The van der Waals surface area contributed by atoms with Gasteiger partial charge in [0.05, 0.1) is 5.69 Å². The molecule has 2 heterocycles. The van der Waals surface area contributed by atoms with E-state index in [0.29, 0.717) is 0 Å². The van der Waals surface area contributed by atoms with E-state index >= 15 is 0 Å². The maximum Gasteiger partial charge on any atom is 0.157 e. The van der Waals surface area contributed by atoms with E-state index in [1.54, 1.807) is 0 Å². The van der Waals surface area contributed by atoms with Gasteiger partial charge >= 0.3 is 0 Å². The van der Waals surface area contributed by atoms with Crippen LogP contribution in [-0.4, -0.2) is 57.8 Å². The molecule has 6 heteroatoms. The Kier molecular flexibility index (Phi) is 3.81. The lowest BCUT2D eigenvalue weighted by Gasteiger charge is -2.26. The van der Waals surface area contributed by atoms with E-state index in [1.807, 2.05) is 35.0 Å². The van der Waals surface area contributed by atoms with E-state index in [2.05, 4.69) is 25.7 Å². The van der Waals surface area contributed by atoms with Crippen molar-refractivity contribution in [2.24, 2.45) is 0 Å². The molecule has 3 rings (SSSR count). The molecule has 1 N–H and O–H groups in total. The van der Waals surface area contributed by atoms with Crippen molar-refractivity contribution in [2.45, 2.75) is 6.42 Å². The van der Waals surface area contributed by atoms with Crippen LogP contribution < -0.4 is 5.32 Å². The third-order valence-corrected chi connectivity index (χ3v) is 3.40. The molecule has 1 aliphatic rings. The van der Waals surface area contributed by atoms with Crippen LogP contribution >= 0.6 is 0 Å². The van der Waals surface area contributed by atoms with Crippen LogP contribution in [0.2, 0.25) is 0 Å². The minimum atomic E-state index is 0.877. The molecule has 0 radical (unpaired) electrons. The molecule has 0 spiro atoms. The Morgan fingerprint density at radius 2 is 1.89 bits per heavy atom. The second kappa shape index (κ2) is 5.90. The number of para-hydroxylation sites is 1. The lowest BCUT2D eigenvalue weighted by molar-refractivity contribution is 0.242. The van der Waals surface area contributed by atoms with Crippen molar-refractivity contribution in [3.05, 3.63) is 36.2 Å². The van der Waals surface area contributed by atoms with Gasteiger partial charge in [0.2, 0.25) is 0 Å². The van der Waals surface area contributed by atoms with Gasteiger partial charge in [-0.05, 0) is 22.6 Å². The molecule has 0 saturated carbocycles. The molecule has 0 aliphatic carbocycles. The van der Waals surface area contributed by atoms with Crippen LogP contribution in [0.15, 0.2) is 30.3 Å². The third kappa shape index (κ3) is 2.97. The number of nitrogens with one attached hydrogen (secondary N) is 1. The quantitative estimate of drug-likeness (QED) is 0.843. The molecule has 0 amide bonds. The molecule has 1 aliphatic heterocycles. The van der Waals surface area contributed by atoms with E-state index in [4.69, 9.17) is 0 Å². The maximum absolute atomic E-state index is 4.14. The van der Waals surface area contributed by atoms with Gasteiger partial charge in [-0.15, -0.1) is 5.10 Å². The minimum absolute atomic E-state index is 0.877. The number of aromatic nitrogens is 4. The summed E-state index contributed by atoms with van der Waals surface area (Å²) in [6.45, 7) is 5.36. The van der Waals surface area contributed by atoms with Crippen LogP contribution in [0.1, 0.15) is 5.82 Å². The standard InChI is InChI=1S/C13H18N6/c1-2-4-12(5-3-1)19-13(15-16-17-19)6-9-18-10-7-14-8-11-18/h1-5,14H,6-11H2. The normalized spacial score (nSPS) is 16.6. The van der Waals surface area contributed by atoms with Gasteiger partial charge in [-0.25, -0.2) is 0 Å². The van der Waals surface area contributed by atoms with Crippen LogP contribution in [-0.2, 0) is 6.42 Å². The molecule has 19 heavy (non-hydrogen) atoms. The molecule has 6 nitrogen and oxygen atoms in total. The van der Waals surface area contributed by atoms with E-state index in [1.165, 1.54) is 0 Å². The molecule has 1 saturated heterocycles. The summed E-state index contributed by atoms with van der Waals surface area (Å²) >= 11 is 0. The average Bonchev–Trinajstić information content (AvgIpc) is 2.95. The fourth-order valence-corrected chi connectivity index (χ4v) is 2.32. The maximum atomic E-state index is 4.14. The smallest absolute Gasteiger partial charge is 0.157 e. The van der Waals surface area contributed by atoms with Gasteiger partial charge in [-0.3, -0.25) is 0 Å². The van der Waals surface area contributed by atoms with Gasteiger partial charge in [-0.1, -0.05) is 18.2 Å². The molecule has 1 aromatic heterocycles. The highest BCUT2D eigenvalue weighted by Gasteiger charge is 2.12. The average molecular weight is 258 g/mol. The number of benzene rings is 1. The number of piperazine rings is 1. The summed E-state index contributed by atoms with van der Waals surface area (Å²) < 4.78 is 1.82. The number of hydrogen-bond donors (Lipinski definition) is 1. The summed E-state index contributed by atoms with van der Waals surface area (Å²) in [5.41, 5.74) is 1.02. The summed E-state index contributed by atoms with van der Waals surface area (Å²) in [6.07, 6.45) is 0.877. The van der Waals surface area contributed by atoms with Gasteiger partial charge in [-0.2, -0.15) is 4.68 Å². The molecular formula is C13H18N6. The van der Waals surface area contributed by atoms with Gasteiger partial charge in [0.1, 0.15) is 0 Å². The first kappa shape index (κ1) is 12.3. The summed E-state index contributed by atoms with van der Waals surface area (Å²) in [7, 11) is 0. The summed E-state index contributed by atoms with van der Waals surface area (Å²) in [5, 5.41) is 15.4. The summed E-state index contributed by atoms with van der Waals surface area (Å²) in [6, 6.07) is 10.0. The summed E-state index contributed by atoms with van der Waals surface area (Å²) in [5.74, 6) is 0.921. The molecule has 1 aromatic carbocycles. The van der Waals surface area contributed by atoms with Crippen molar-refractivity contribution in [3.63, 3.8) is 0 Å². The topological polar surface area (TPSA) is 58.9 Å². The molecule has 0 atom stereocenters. The zero-order valence-corrected chi connectivity index (χ0v) is 10.9. The van der Waals surface area contributed by atoms with E-state index in [9.17, 15) is 0 Å². The number of hydrogen-bond acceptors (Lipinski definition) is 5. The molecule has 2 aromatic rings. The van der Waals surface area contributed by atoms with Crippen molar-refractivity contribution < 1.29 is 0 Å². The van der Waals surface area contributed by atoms with Crippen molar-refractivity contribution in [2.75, 3.05) is 32.7 Å². The molecule has 100 valence electrons. The van der Waals surface area contributed by atoms with Crippen LogP contribution in [0, 0.1) is 0 Å². The second-order valence-corrected chi connectivity index (χ2v) is 4.68. The minimum Gasteiger partial charge on any atom is -0.314 e. The molecule has 0 bridgehead atoms. The largest absolute Gasteiger partial charge is 0.314 e. The monoisotopic (exact) mass is 258 g/mol. The van der Waals surface area contributed by atoms with Gasteiger partial charge in [0.25, 0.3) is 0 Å². The third-order valence-electron chi connectivity index (χ3n) is 3.40. The highest BCUT2D eigenvalue weighted by atomic mass is 15.5. The Labute approximate surface area is 112 Å². The number of tetrazole rings is 1. The zero-order chi connectivity index (χ0) is 12.9. The first-order chi connectivity index (χ1) is 9.43. The first-order valence-corrected chi connectivity index (χ1v) is 6.69. The van der Waals surface area contributed by atoms with Crippen molar-refractivity contribution >= 4 is 0 Å². The van der Waals surface area contributed by atoms with Gasteiger partial charge in [0, 0.05) is 39.1 Å². The van der Waals surface area contributed by atoms with Crippen molar-refractivity contribution in [1.29, 1.82) is 0 Å². The van der Waals surface area contributed by atoms with Gasteiger partial charge in [0.15, 0.2) is 5.82 Å². The lowest BCUT2D eigenvalue weighted by Crippen LogP contribution is -2.44. The van der Waals surface area contributed by atoms with Crippen molar-refractivity contribution in [3.8, 4) is 5.69 Å². The highest BCUT2D eigenvalue weighted by molar-refractivity contribution is 5.30. The van der Waals surface area contributed by atoms with E-state index in [-0.39, 0.29) is 0 Å². The Hall–Kier alpha value is -1.79. The number of nitrogens with zero attached hydrogens (tertiary/aromatic N) is 5. The first-order valence-electron chi connectivity index (χ1n) is 6.69.